The molecule has 15 heteroatoms. The molecule has 0 radical (unpaired) electrons. The van der Waals surface area contributed by atoms with E-state index in [9.17, 15) is 29.4 Å². The molecule has 4 bridgehead atoms. The van der Waals surface area contributed by atoms with E-state index >= 15 is 0 Å². The van der Waals surface area contributed by atoms with E-state index in [-0.39, 0.29) is 79.3 Å². The van der Waals surface area contributed by atoms with Crippen LogP contribution in [0, 0.1) is 36.5 Å². The maximum absolute atomic E-state index is 14.7. The lowest BCUT2D eigenvalue weighted by Gasteiger charge is -2.39. The monoisotopic (exact) mass is 897 g/mol. The SMILES string of the molecule is CO[C@H]1/C=C/O[C@@]2(C)Oc3c(C)c(=O)c4c(O)c(c5oc6cc(OCCCCN(C)C)ccc6nc5c4c3C2=O)NC(=O)/C(C)=C\C=C\[C@H](C)[C@H](O)[C@@H](C)[C@@H](C)[C@@H](C)[C@H](OC(C)=O)[C@@H]1C. The molecular formula is C50H63N3O12. The number of carbonyl (C=O) groups is 3. The molecule has 0 aliphatic carbocycles. The van der Waals surface area contributed by atoms with Gasteiger partial charge in [0.2, 0.25) is 0 Å². The van der Waals surface area contributed by atoms with Crippen molar-refractivity contribution in [1.82, 2.24) is 9.88 Å². The lowest BCUT2D eigenvalue weighted by atomic mass is 9.73. The fraction of sp³-hybridized carbons (Fsp3) is 0.500. The van der Waals surface area contributed by atoms with Crippen molar-refractivity contribution in [1.29, 1.82) is 0 Å². The number of unbranched alkanes of at least 4 members (excludes halogenated alkanes) is 1. The first-order chi connectivity index (χ1) is 30.7. The summed E-state index contributed by atoms with van der Waals surface area (Å²) in [6.07, 6.45) is 7.53. The van der Waals surface area contributed by atoms with Crippen LogP contribution in [0.5, 0.6) is 17.2 Å². The first kappa shape index (κ1) is 48.7. The number of Topliss-reactive ketones (excluding diaryl/α,β-unsaturated/α-hetero) is 1. The summed E-state index contributed by atoms with van der Waals surface area (Å²) in [6.45, 7) is 16.9. The van der Waals surface area contributed by atoms with E-state index in [0.29, 0.717) is 17.9 Å². The summed E-state index contributed by atoms with van der Waals surface area (Å²) in [5.41, 5.74) is -0.252. The van der Waals surface area contributed by atoms with Crippen molar-refractivity contribution in [3.05, 3.63) is 75.7 Å². The Hall–Kier alpha value is -5.77. The van der Waals surface area contributed by atoms with Crippen molar-refractivity contribution in [2.75, 3.05) is 39.7 Å². The summed E-state index contributed by atoms with van der Waals surface area (Å²) in [4.78, 5) is 62.6. The zero-order valence-corrected chi connectivity index (χ0v) is 39.4. The van der Waals surface area contributed by atoms with Crippen molar-refractivity contribution in [3.63, 3.8) is 0 Å². The standard InChI is InChI=1S/C50H63N3O12/c1-25-16-15-17-26(2)49(59)52-41-44(57)38-37(40-47(41)64-36-24-33(18-19-34(36)51-40)61-22-14-13-21-53(10)11)39-46(31(7)43(38)56)65-50(9,48(39)58)62-23-20-35(60-12)30(6)45(63-32(8)54)29(5)27(3)28(4)42(25)55/h15-20,23-25,27-30,35,42,45,55,57H,13-14,21-22H2,1-12H3,(H,52,59)/b16-15+,23-20+,26-17-/t25-,27+,28-,29+,30+,35-,42-,45-,50-/m0/s1. The Bertz CT molecular complexity index is 2630. The number of benzene rings is 3. The molecule has 0 unspecified atom stereocenters. The molecule has 9 atom stereocenters. The summed E-state index contributed by atoms with van der Waals surface area (Å²) in [6, 6.07) is 5.08. The molecule has 4 aromatic rings. The Morgan fingerprint density at radius 2 is 1.71 bits per heavy atom. The van der Waals surface area contributed by atoms with Crippen molar-refractivity contribution in [2.45, 2.75) is 99.3 Å². The number of phenolic OH excluding ortho intramolecular Hbond substituents is 1. The molecule has 3 heterocycles. The van der Waals surface area contributed by atoms with E-state index < -0.39 is 58.9 Å². The number of aromatic nitrogens is 1. The fourth-order valence-corrected chi connectivity index (χ4v) is 8.81. The van der Waals surface area contributed by atoms with E-state index in [1.165, 1.54) is 34.1 Å². The molecule has 3 aromatic carbocycles. The van der Waals surface area contributed by atoms with Crippen molar-refractivity contribution in [3.8, 4) is 17.2 Å². The molecule has 3 N–H and O–H groups in total. The average Bonchev–Trinajstić information content (AvgIpc) is 3.53. The zero-order chi connectivity index (χ0) is 47.7. The van der Waals surface area contributed by atoms with Crippen LogP contribution in [0.1, 0.15) is 84.2 Å². The molecule has 6 rings (SSSR count). The lowest BCUT2D eigenvalue weighted by Crippen LogP contribution is -2.43. The largest absolute Gasteiger partial charge is 0.505 e. The van der Waals surface area contributed by atoms with Gasteiger partial charge in [-0.25, -0.2) is 4.98 Å². The third kappa shape index (κ3) is 9.78. The number of rotatable bonds is 8. The summed E-state index contributed by atoms with van der Waals surface area (Å²) < 4.78 is 36.7. The predicted octanol–water partition coefficient (Wildman–Crippen LogP) is 7.99. The number of hydrogen-bond donors (Lipinski definition) is 3. The van der Waals surface area contributed by atoms with Crippen LogP contribution in [0.15, 0.2) is 63.6 Å². The number of anilines is 1. The summed E-state index contributed by atoms with van der Waals surface area (Å²) in [5.74, 6) is -5.41. The molecule has 0 fully saturated rings. The zero-order valence-electron chi connectivity index (χ0n) is 39.4. The van der Waals surface area contributed by atoms with Gasteiger partial charge in [-0.1, -0.05) is 52.8 Å². The first-order valence-corrected chi connectivity index (χ1v) is 22.2. The number of allylic oxidation sites excluding steroid dienone is 2. The number of aliphatic hydroxyl groups is 1. The highest BCUT2D eigenvalue weighted by atomic mass is 16.7. The highest BCUT2D eigenvalue weighted by Crippen LogP contribution is 2.48. The Morgan fingerprint density at radius 1 is 0.985 bits per heavy atom. The Kier molecular flexibility index (Phi) is 14.8. The predicted molar refractivity (Wildman–Crippen MR) is 248 cm³/mol. The molecule has 0 spiro atoms. The van der Waals surface area contributed by atoms with Crippen molar-refractivity contribution >= 4 is 56.3 Å². The quantitative estimate of drug-likeness (QED) is 0.0506. The molecule has 1 aromatic heterocycles. The molecule has 65 heavy (non-hydrogen) atoms. The van der Waals surface area contributed by atoms with E-state index in [4.69, 9.17) is 33.1 Å². The minimum atomic E-state index is -2.00. The number of nitrogens with one attached hydrogen (secondary N) is 1. The maximum Gasteiger partial charge on any atom is 0.312 e. The van der Waals surface area contributed by atoms with Crippen LogP contribution < -0.4 is 20.2 Å². The number of carbonyl (C=O) groups excluding carboxylic acids is 3. The number of aliphatic hydroxyl groups excluding tert-OH is 1. The van der Waals surface area contributed by atoms with Crippen molar-refractivity contribution < 1.29 is 52.7 Å². The third-order valence-corrected chi connectivity index (χ3v) is 13.2. The first-order valence-electron chi connectivity index (χ1n) is 22.2. The topological polar surface area (TPSA) is 196 Å². The lowest BCUT2D eigenvalue weighted by molar-refractivity contribution is -0.157. The van der Waals surface area contributed by atoms with Crippen LogP contribution in [-0.4, -0.2) is 96.2 Å². The van der Waals surface area contributed by atoms with Gasteiger partial charge in [0.05, 0.1) is 36.0 Å². The van der Waals surface area contributed by atoms with Gasteiger partial charge in [0.25, 0.3) is 11.7 Å². The molecule has 15 nitrogen and oxygen atoms in total. The number of amides is 1. The summed E-state index contributed by atoms with van der Waals surface area (Å²) >= 11 is 0. The Morgan fingerprint density at radius 3 is 2.38 bits per heavy atom. The van der Waals surface area contributed by atoms with E-state index in [0.717, 1.165) is 19.4 Å². The molecule has 2 aliphatic heterocycles. The minimum absolute atomic E-state index is 0.00379. The number of aromatic hydroxyl groups is 1. The van der Waals surface area contributed by atoms with Gasteiger partial charge in [0.15, 0.2) is 22.3 Å². The maximum atomic E-state index is 14.7. The summed E-state index contributed by atoms with van der Waals surface area (Å²) in [7, 11) is 5.53. The fourth-order valence-electron chi connectivity index (χ4n) is 8.81. The van der Waals surface area contributed by atoms with E-state index in [1.54, 1.807) is 49.4 Å². The highest BCUT2D eigenvalue weighted by Gasteiger charge is 2.49. The normalized spacial score (nSPS) is 28.5. The second kappa shape index (κ2) is 19.8. The Balaban J connectivity index is 1.55. The van der Waals surface area contributed by atoms with Crippen LogP contribution in [0.2, 0.25) is 0 Å². The van der Waals surface area contributed by atoms with Gasteiger partial charge in [-0.05, 0) is 83.3 Å². The minimum Gasteiger partial charge on any atom is -0.505 e. The highest BCUT2D eigenvalue weighted by molar-refractivity contribution is 6.26. The number of methoxy groups -OCH3 is 1. The second-order valence-corrected chi connectivity index (χ2v) is 18.1. The van der Waals surface area contributed by atoms with Gasteiger partial charge in [0, 0.05) is 55.4 Å². The van der Waals surface area contributed by atoms with Crippen molar-refractivity contribution in [2.24, 2.45) is 29.6 Å². The second-order valence-electron chi connectivity index (χ2n) is 18.1. The number of hydrogen-bond acceptors (Lipinski definition) is 14. The Labute approximate surface area is 379 Å². The van der Waals surface area contributed by atoms with Gasteiger partial charge < -0.3 is 48.5 Å². The number of nitrogens with zero attached hydrogens (tertiary/aromatic N) is 2. The van der Waals surface area contributed by atoms with Crippen LogP contribution >= 0.6 is 0 Å². The summed E-state index contributed by atoms with van der Waals surface area (Å²) in [5, 5.41) is 26.1. The molecule has 1 amide bonds. The number of phenols is 1. The molecule has 2 aliphatic rings. The van der Waals surface area contributed by atoms with Gasteiger partial charge >= 0.3 is 11.8 Å². The third-order valence-electron chi connectivity index (χ3n) is 13.2. The van der Waals surface area contributed by atoms with Crippen LogP contribution in [-0.2, 0) is 23.8 Å². The number of fused-ring (bicyclic) bond motifs is 2. The number of ketones is 1. The molecule has 0 saturated heterocycles. The number of ether oxygens (including phenoxy) is 5. The van der Waals surface area contributed by atoms with Gasteiger partial charge in [-0.2, -0.15) is 0 Å². The van der Waals surface area contributed by atoms with Gasteiger partial charge in [-0.3, -0.25) is 19.2 Å². The van der Waals surface area contributed by atoms with Crippen LogP contribution in [0.4, 0.5) is 5.69 Å². The van der Waals surface area contributed by atoms with E-state index in [2.05, 4.69) is 10.2 Å². The van der Waals surface area contributed by atoms with Gasteiger partial charge in [-0.15, -0.1) is 0 Å². The molecule has 350 valence electrons. The molecular weight excluding hydrogens is 835 g/mol. The smallest absolute Gasteiger partial charge is 0.312 e. The van der Waals surface area contributed by atoms with E-state index in [1.807, 2.05) is 48.7 Å². The van der Waals surface area contributed by atoms with Crippen LogP contribution in [0.25, 0.3) is 33.0 Å². The molecule has 0 saturated carbocycles. The average molecular weight is 898 g/mol. The number of esters is 1. The van der Waals surface area contributed by atoms with Gasteiger partial charge in [0.1, 0.15) is 34.3 Å². The van der Waals surface area contributed by atoms with Crippen LogP contribution in [0.3, 0.4) is 0 Å².